The summed E-state index contributed by atoms with van der Waals surface area (Å²) in [6, 6.07) is 33.3. The van der Waals surface area contributed by atoms with Crippen LogP contribution in [0, 0.1) is 5.92 Å². The van der Waals surface area contributed by atoms with E-state index in [9.17, 15) is 9.59 Å². The second-order valence-electron chi connectivity index (χ2n) is 13.5. The van der Waals surface area contributed by atoms with Gasteiger partial charge in [0.25, 0.3) is 0 Å². The zero-order chi connectivity index (χ0) is 32.7. The first kappa shape index (κ1) is 33.0. The van der Waals surface area contributed by atoms with Crippen LogP contribution < -0.4 is 15.4 Å². The summed E-state index contributed by atoms with van der Waals surface area (Å²) < 4.78 is 11.7. The SMILES string of the molecule is CC(C)CC(NCC1c2ccccc2-c2ccccc21)C(=O)NC(Cc1ccc(OCc2ccccc2)cc1)C(=O)OC(C)(C)C. The van der Waals surface area contributed by atoms with Crippen molar-refractivity contribution in [1.82, 2.24) is 10.6 Å². The summed E-state index contributed by atoms with van der Waals surface area (Å²) >= 11 is 0. The van der Waals surface area contributed by atoms with Crippen LogP contribution in [0.4, 0.5) is 0 Å². The average molecular weight is 619 g/mol. The lowest BCUT2D eigenvalue weighted by atomic mass is 9.95. The molecule has 0 aromatic heterocycles. The number of carbonyl (C=O) groups is 2. The van der Waals surface area contributed by atoms with Crippen molar-refractivity contribution in [3.8, 4) is 16.9 Å². The number of amides is 1. The molecule has 1 aliphatic rings. The van der Waals surface area contributed by atoms with Crippen molar-refractivity contribution in [1.29, 1.82) is 0 Å². The molecule has 0 heterocycles. The minimum absolute atomic E-state index is 0.138. The highest BCUT2D eigenvalue weighted by molar-refractivity contribution is 5.88. The molecule has 2 unspecified atom stereocenters. The minimum atomic E-state index is -0.841. The molecular formula is C40H46N2O4. The predicted octanol–water partition coefficient (Wildman–Crippen LogP) is 7.45. The predicted molar refractivity (Wildman–Crippen MR) is 184 cm³/mol. The standard InChI is InChI=1S/C40H46N2O4/c1-27(2)23-36(41-25-35-33-17-11-9-15-31(33)32-16-10-12-18-34(32)35)38(43)42-37(39(44)46-40(3,4)5)24-28-19-21-30(22-20-28)45-26-29-13-7-6-8-14-29/h6-22,27,35-37,41H,23-26H2,1-5H3,(H,42,43). The topological polar surface area (TPSA) is 76.7 Å². The van der Waals surface area contributed by atoms with Crippen LogP contribution in [-0.2, 0) is 27.4 Å². The van der Waals surface area contributed by atoms with E-state index in [0.717, 1.165) is 16.9 Å². The van der Waals surface area contributed by atoms with Crippen molar-refractivity contribution < 1.29 is 19.1 Å². The third-order valence-corrected chi connectivity index (χ3v) is 8.17. The third kappa shape index (κ3) is 8.64. The molecule has 0 saturated heterocycles. The van der Waals surface area contributed by atoms with Crippen molar-refractivity contribution >= 4 is 11.9 Å². The van der Waals surface area contributed by atoms with Gasteiger partial charge in [0.2, 0.25) is 5.91 Å². The van der Waals surface area contributed by atoms with E-state index in [2.05, 4.69) is 73.0 Å². The Bertz CT molecular complexity index is 1560. The smallest absolute Gasteiger partial charge is 0.329 e. The van der Waals surface area contributed by atoms with Crippen molar-refractivity contribution in [2.24, 2.45) is 5.92 Å². The molecule has 6 nitrogen and oxygen atoms in total. The Morgan fingerprint density at radius 1 is 0.739 bits per heavy atom. The van der Waals surface area contributed by atoms with Crippen molar-refractivity contribution in [2.45, 2.75) is 77.7 Å². The largest absolute Gasteiger partial charge is 0.489 e. The number of rotatable bonds is 13. The van der Waals surface area contributed by atoms with Gasteiger partial charge in [-0.05, 0) is 78.6 Å². The van der Waals surface area contributed by atoms with Gasteiger partial charge < -0.3 is 20.1 Å². The van der Waals surface area contributed by atoms with Gasteiger partial charge in [0.1, 0.15) is 24.0 Å². The molecule has 6 heteroatoms. The van der Waals surface area contributed by atoms with E-state index >= 15 is 0 Å². The minimum Gasteiger partial charge on any atom is -0.489 e. The molecule has 0 bridgehead atoms. The van der Waals surface area contributed by atoms with Crippen LogP contribution in [-0.4, -0.2) is 36.1 Å². The van der Waals surface area contributed by atoms with E-state index in [1.54, 1.807) is 0 Å². The first-order valence-corrected chi connectivity index (χ1v) is 16.3. The van der Waals surface area contributed by atoms with Crippen molar-refractivity contribution in [2.75, 3.05) is 6.54 Å². The molecule has 2 atom stereocenters. The van der Waals surface area contributed by atoms with Crippen molar-refractivity contribution in [3.05, 3.63) is 125 Å². The fraction of sp³-hybridized carbons (Fsp3) is 0.350. The Labute approximate surface area is 273 Å². The number of esters is 1. The van der Waals surface area contributed by atoms with E-state index in [-0.39, 0.29) is 17.7 Å². The summed E-state index contributed by atoms with van der Waals surface area (Å²) in [6.07, 6.45) is 0.938. The summed E-state index contributed by atoms with van der Waals surface area (Å²) in [5.41, 5.74) is 6.33. The molecule has 240 valence electrons. The normalized spacial score (nSPS) is 13.9. The van der Waals surface area contributed by atoms with E-state index in [0.29, 0.717) is 26.0 Å². The van der Waals surface area contributed by atoms with Gasteiger partial charge in [-0.1, -0.05) is 105 Å². The second-order valence-corrected chi connectivity index (χ2v) is 13.5. The van der Waals surface area contributed by atoms with Gasteiger partial charge in [-0.2, -0.15) is 0 Å². The van der Waals surface area contributed by atoms with Gasteiger partial charge >= 0.3 is 5.97 Å². The Balaban J connectivity index is 1.29. The number of fused-ring (bicyclic) bond motifs is 3. The van der Waals surface area contributed by atoms with Crippen LogP contribution in [0.25, 0.3) is 11.1 Å². The van der Waals surface area contributed by atoms with Crippen LogP contribution in [0.5, 0.6) is 5.75 Å². The number of nitrogens with one attached hydrogen (secondary N) is 2. The van der Waals surface area contributed by atoms with Gasteiger partial charge in [0.15, 0.2) is 0 Å². The quantitative estimate of drug-likeness (QED) is 0.152. The number of ether oxygens (including phenoxy) is 2. The first-order chi connectivity index (χ1) is 22.1. The Hall–Kier alpha value is -4.42. The highest BCUT2D eigenvalue weighted by atomic mass is 16.6. The van der Waals surface area contributed by atoms with E-state index in [4.69, 9.17) is 9.47 Å². The molecule has 0 spiro atoms. The molecule has 0 fully saturated rings. The summed E-state index contributed by atoms with van der Waals surface area (Å²) in [6.45, 7) is 10.8. The zero-order valence-electron chi connectivity index (χ0n) is 27.6. The Morgan fingerprint density at radius 3 is 1.91 bits per heavy atom. The van der Waals surface area contributed by atoms with Crippen LogP contribution in [0.3, 0.4) is 0 Å². The molecule has 1 amide bonds. The van der Waals surface area contributed by atoms with Gasteiger partial charge in [0.05, 0.1) is 6.04 Å². The number of benzene rings is 4. The molecular weight excluding hydrogens is 572 g/mol. The maximum atomic E-state index is 13.9. The van der Waals surface area contributed by atoms with Gasteiger partial charge in [-0.15, -0.1) is 0 Å². The number of carbonyl (C=O) groups excluding carboxylic acids is 2. The van der Waals surface area contributed by atoms with E-state index in [1.807, 2.05) is 75.4 Å². The maximum Gasteiger partial charge on any atom is 0.329 e. The molecule has 46 heavy (non-hydrogen) atoms. The molecule has 4 aromatic carbocycles. The van der Waals surface area contributed by atoms with E-state index in [1.165, 1.54) is 22.3 Å². The summed E-state index contributed by atoms with van der Waals surface area (Å²) in [5, 5.41) is 6.65. The number of hydrogen-bond donors (Lipinski definition) is 2. The molecule has 0 saturated carbocycles. The zero-order valence-corrected chi connectivity index (χ0v) is 27.6. The van der Waals surface area contributed by atoms with Crippen LogP contribution in [0.2, 0.25) is 0 Å². The molecule has 0 aliphatic heterocycles. The van der Waals surface area contributed by atoms with Crippen molar-refractivity contribution in [3.63, 3.8) is 0 Å². The first-order valence-electron chi connectivity index (χ1n) is 16.3. The lowest BCUT2D eigenvalue weighted by Gasteiger charge is -2.27. The average Bonchev–Trinajstić information content (AvgIpc) is 3.35. The fourth-order valence-corrected chi connectivity index (χ4v) is 6.03. The van der Waals surface area contributed by atoms with Crippen LogP contribution >= 0.6 is 0 Å². The maximum absolute atomic E-state index is 13.9. The van der Waals surface area contributed by atoms with Crippen LogP contribution in [0.15, 0.2) is 103 Å². The van der Waals surface area contributed by atoms with E-state index < -0.39 is 23.7 Å². The monoisotopic (exact) mass is 618 g/mol. The molecule has 5 rings (SSSR count). The fourth-order valence-electron chi connectivity index (χ4n) is 6.03. The van der Waals surface area contributed by atoms with Crippen LogP contribution in [0.1, 0.15) is 69.2 Å². The third-order valence-electron chi connectivity index (χ3n) is 8.17. The molecule has 0 radical (unpaired) electrons. The Morgan fingerprint density at radius 2 is 1.33 bits per heavy atom. The summed E-state index contributed by atoms with van der Waals surface area (Å²) in [5.74, 6) is 0.495. The second kappa shape index (κ2) is 14.8. The molecule has 4 aromatic rings. The highest BCUT2D eigenvalue weighted by Gasteiger charge is 2.32. The summed E-state index contributed by atoms with van der Waals surface area (Å²) in [4.78, 5) is 27.3. The molecule has 1 aliphatic carbocycles. The lowest BCUT2D eigenvalue weighted by molar-refractivity contribution is -0.158. The number of hydrogen-bond acceptors (Lipinski definition) is 5. The summed E-state index contributed by atoms with van der Waals surface area (Å²) in [7, 11) is 0. The Kier molecular flexibility index (Phi) is 10.6. The van der Waals surface area contributed by atoms with Gasteiger partial charge in [0, 0.05) is 18.9 Å². The molecule has 2 N–H and O–H groups in total. The lowest BCUT2D eigenvalue weighted by Crippen LogP contribution is -2.53. The highest BCUT2D eigenvalue weighted by Crippen LogP contribution is 2.44. The van der Waals surface area contributed by atoms with Gasteiger partial charge in [-0.25, -0.2) is 4.79 Å². The van der Waals surface area contributed by atoms with Gasteiger partial charge in [-0.3, -0.25) is 4.79 Å².